The van der Waals surface area contributed by atoms with Crippen LogP contribution in [0.4, 0.5) is 13.2 Å². The highest BCUT2D eigenvalue weighted by Crippen LogP contribution is 2.34. The van der Waals surface area contributed by atoms with Crippen LogP contribution in [0.25, 0.3) is 10.8 Å². The number of aromatic nitrogens is 1. The average Bonchev–Trinajstić information content (AvgIpc) is 2.84. The van der Waals surface area contributed by atoms with Crippen LogP contribution in [0.5, 0.6) is 11.5 Å². The first-order chi connectivity index (χ1) is 16.3. The molecular formula is C26H21F3N2O3. The fourth-order valence-corrected chi connectivity index (χ4v) is 3.57. The number of hydrogen-bond acceptors (Lipinski definition) is 4. The maximum atomic E-state index is 12.9. The topological polar surface area (TPSA) is 71.5 Å². The van der Waals surface area contributed by atoms with Crippen molar-refractivity contribution in [1.82, 2.24) is 10.3 Å². The minimum absolute atomic E-state index is 0.107. The van der Waals surface area contributed by atoms with Crippen molar-refractivity contribution in [2.45, 2.75) is 18.6 Å². The van der Waals surface area contributed by atoms with E-state index >= 15 is 0 Å². The molecule has 1 heterocycles. The van der Waals surface area contributed by atoms with Crippen LogP contribution in [0.15, 0.2) is 85.1 Å². The van der Waals surface area contributed by atoms with E-state index in [4.69, 9.17) is 4.74 Å². The molecule has 4 rings (SSSR count). The van der Waals surface area contributed by atoms with E-state index in [-0.39, 0.29) is 18.3 Å². The molecule has 0 bridgehead atoms. The lowest BCUT2D eigenvalue weighted by atomic mass is 10.0. The van der Waals surface area contributed by atoms with Crippen LogP contribution in [0.3, 0.4) is 0 Å². The number of carbonyl (C=O) groups excluding carboxylic acids is 1. The number of pyridine rings is 1. The van der Waals surface area contributed by atoms with Crippen LogP contribution in [0, 0.1) is 0 Å². The number of fused-ring (bicyclic) bond motifs is 1. The fraction of sp³-hybridized carbons (Fsp3) is 0.154. The third-order valence-electron chi connectivity index (χ3n) is 5.28. The second kappa shape index (κ2) is 9.93. The van der Waals surface area contributed by atoms with Gasteiger partial charge in [0.1, 0.15) is 11.5 Å². The number of nitrogens with one attached hydrogen (secondary N) is 1. The number of benzene rings is 3. The van der Waals surface area contributed by atoms with Crippen LogP contribution in [0.2, 0.25) is 0 Å². The Morgan fingerprint density at radius 3 is 2.47 bits per heavy atom. The maximum absolute atomic E-state index is 12.9. The van der Waals surface area contributed by atoms with Gasteiger partial charge in [-0.2, -0.15) is 13.2 Å². The Morgan fingerprint density at radius 2 is 1.79 bits per heavy atom. The molecule has 1 aromatic heterocycles. The van der Waals surface area contributed by atoms with Gasteiger partial charge in [0.05, 0.1) is 17.3 Å². The van der Waals surface area contributed by atoms with Gasteiger partial charge in [-0.3, -0.25) is 9.78 Å². The van der Waals surface area contributed by atoms with Gasteiger partial charge in [0.15, 0.2) is 0 Å². The molecule has 5 nitrogen and oxygen atoms in total. The van der Waals surface area contributed by atoms with E-state index in [1.165, 1.54) is 12.1 Å². The normalized spacial score (nSPS) is 12.4. The van der Waals surface area contributed by atoms with Crippen molar-refractivity contribution in [3.05, 3.63) is 102 Å². The maximum Gasteiger partial charge on any atom is 0.416 e. The van der Waals surface area contributed by atoms with Crippen molar-refractivity contribution in [1.29, 1.82) is 0 Å². The zero-order chi connectivity index (χ0) is 24.1. The average molecular weight is 466 g/mol. The Labute approximate surface area is 193 Å². The molecule has 0 fully saturated rings. The summed E-state index contributed by atoms with van der Waals surface area (Å²) in [5.74, 6) is 0.403. The molecule has 0 aliphatic heterocycles. The summed E-state index contributed by atoms with van der Waals surface area (Å²) in [5.41, 5.74) is 0.314. The molecule has 0 spiro atoms. The molecule has 3 aromatic carbocycles. The summed E-state index contributed by atoms with van der Waals surface area (Å²) in [6, 6.07) is 19.7. The van der Waals surface area contributed by atoms with E-state index in [9.17, 15) is 23.1 Å². The van der Waals surface area contributed by atoms with Crippen molar-refractivity contribution in [2.24, 2.45) is 0 Å². The van der Waals surface area contributed by atoms with Crippen LogP contribution >= 0.6 is 0 Å². The highest BCUT2D eigenvalue weighted by Gasteiger charge is 2.30. The zero-order valence-electron chi connectivity index (χ0n) is 17.9. The first-order valence-electron chi connectivity index (χ1n) is 10.6. The molecule has 34 heavy (non-hydrogen) atoms. The first-order valence-corrected chi connectivity index (χ1v) is 10.6. The number of halogens is 3. The SMILES string of the molecule is O=C(N[C@H](CCO)c1ccccn1)c1ccc2c(Oc3ccc(C(F)(F)F)cc3)cccc2c1. The number of amides is 1. The summed E-state index contributed by atoms with van der Waals surface area (Å²) >= 11 is 0. The Bertz CT molecular complexity index is 1280. The quantitative estimate of drug-likeness (QED) is 0.356. The van der Waals surface area contributed by atoms with Gasteiger partial charge in [-0.15, -0.1) is 0 Å². The standard InChI is InChI=1S/C26H21F3N2O3/c27-26(28,29)19-8-10-20(11-9-19)34-24-6-3-4-17-16-18(7-12-21(17)24)25(33)31-23(13-15-32)22-5-1-2-14-30-22/h1-12,14,16,23,32H,13,15H2,(H,31,33)/t23-/m1/s1. The van der Waals surface area contributed by atoms with E-state index < -0.39 is 17.8 Å². The molecule has 2 N–H and O–H groups in total. The first kappa shape index (κ1) is 23.3. The fourth-order valence-electron chi connectivity index (χ4n) is 3.57. The molecule has 174 valence electrons. The molecule has 1 atom stereocenters. The third-order valence-corrected chi connectivity index (χ3v) is 5.28. The summed E-state index contributed by atoms with van der Waals surface area (Å²) in [6.45, 7) is -0.107. The molecule has 0 unspecified atom stereocenters. The highest BCUT2D eigenvalue weighted by atomic mass is 19.4. The molecule has 0 aliphatic rings. The Kier molecular flexibility index (Phi) is 6.79. The molecule has 0 saturated carbocycles. The smallest absolute Gasteiger partial charge is 0.416 e. The summed E-state index contributed by atoms with van der Waals surface area (Å²) < 4.78 is 44.2. The van der Waals surface area contributed by atoms with Gasteiger partial charge in [-0.05, 0) is 72.5 Å². The Morgan fingerprint density at radius 1 is 1.00 bits per heavy atom. The number of hydrogen-bond donors (Lipinski definition) is 2. The van der Waals surface area contributed by atoms with Crippen LogP contribution in [-0.4, -0.2) is 22.6 Å². The second-order valence-electron chi connectivity index (χ2n) is 7.61. The third kappa shape index (κ3) is 5.35. The number of carbonyl (C=O) groups is 1. The lowest BCUT2D eigenvalue weighted by molar-refractivity contribution is -0.137. The number of alkyl halides is 3. The molecule has 0 saturated heterocycles. The van der Waals surface area contributed by atoms with Gasteiger partial charge in [-0.25, -0.2) is 0 Å². The molecule has 8 heteroatoms. The van der Waals surface area contributed by atoms with E-state index in [2.05, 4.69) is 10.3 Å². The largest absolute Gasteiger partial charge is 0.457 e. The summed E-state index contributed by atoms with van der Waals surface area (Å²) in [6.07, 6.45) is -2.47. The van der Waals surface area contributed by atoms with E-state index in [1.807, 2.05) is 12.1 Å². The van der Waals surface area contributed by atoms with Crippen LogP contribution < -0.4 is 10.1 Å². The predicted octanol–water partition coefficient (Wildman–Crippen LogP) is 5.90. The molecule has 1 amide bonds. The zero-order valence-corrected chi connectivity index (χ0v) is 17.9. The predicted molar refractivity (Wildman–Crippen MR) is 122 cm³/mol. The van der Waals surface area contributed by atoms with E-state index in [1.54, 1.807) is 48.7 Å². The van der Waals surface area contributed by atoms with Crippen LogP contribution in [0.1, 0.15) is 34.1 Å². The van der Waals surface area contributed by atoms with E-state index in [0.717, 1.165) is 17.5 Å². The van der Waals surface area contributed by atoms with Gasteiger partial charge in [0, 0.05) is 23.8 Å². The highest BCUT2D eigenvalue weighted by molar-refractivity contribution is 6.00. The minimum Gasteiger partial charge on any atom is -0.457 e. The van der Waals surface area contributed by atoms with Crippen molar-refractivity contribution < 1.29 is 27.8 Å². The van der Waals surface area contributed by atoms with Gasteiger partial charge in [-0.1, -0.05) is 18.2 Å². The molecule has 4 aromatic rings. The second-order valence-corrected chi connectivity index (χ2v) is 7.61. The summed E-state index contributed by atoms with van der Waals surface area (Å²) in [4.78, 5) is 17.2. The van der Waals surface area contributed by atoms with Gasteiger partial charge in [0.2, 0.25) is 0 Å². The number of nitrogens with zero attached hydrogens (tertiary/aromatic N) is 1. The molecular weight excluding hydrogens is 445 g/mol. The summed E-state index contributed by atoms with van der Waals surface area (Å²) in [7, 11) is 0. The van der Waals surface area contributed by atoms with Gasteiger partial charge < -0.3 is 15.2 Å². The Balaban J connectivity index is 1.55. The van der Waals surface area contributed by atoms with Gasteiger partial charge in [0.25, 0.3) is 5.91 Å². The Hall–Kier alpha value is -3.91. The number of rotatable bonds is 7. The molecule has 0 aliphatic carbocycles. The lowest BCUT2D eigenvalue weighted by Crippen LogP contribution is -2.29. The van der Waals surface area contributed by atoms with Crippen molar-refractivity contribution in [3.8, 4) is 11.5 Å². The summed E-state index contributed by atoms with van der Waals surface area (Å²) in [5, 5.41) is 13.7. The number of aliphatic hydroxyl groups excluding tert-OH is 1. The molecule has 0 radical (unpaired) electrons. The minimum atomic E-state index is -4.41. The van der Waals surface area contributed by atoms with Crippen LogP contribution in [-0.2, 0) is 6.18 Å². The monoisotopic (exact) mass is 466 g/mol. The van der Waals surface area contributed by atoms with Crippen molar-refractivity contribution in [2.75, 3.05) is 6.61 Å². The number of ether oxygens (including phenoxy) is 1. The number of aliphatic hydroxyl groups is 1. The van der Waals surface area contributed by atoms with E-state index in [0.29, 0.717) is 28.8 Å². The van der Waals surface area contributed by atoms with Gasteiger partial charge >= 0.3 is 6.18 Å². The lowest BCUT2D eigenvalue weighted by Gasteiger charge is -2.17. The van der Waals surface area contributed by atoms with Crippen molar-refractivity contribution in [3.63, 3.8) is 0 Å². The van der Waals surface area contributed by atoms with Crippen molar-refractivity contribution >= 4 is 16.7 Å².